The quantitative estimate of drug-likeness (QED) is 0.452. The van der Waals surface area contributed by atoms with Crippen LogP contribution in [0.4, 0.5) is 4.79 Å². The molecule has 1 saturated heterocycles. The maximum atomic E-state index is 12.2. The van der Waals surface area contributed by atoms with Crippen molar-refractivity contribution in [3.8, 4) is 0 Å². The molecule has 0 saturated carbocycles. The Morgan fingerprint density at radius 1 is 1.19 bits per heavy atom. The van der Waals surface area contributed by atoms with Gasteiger partial charge in [0.05, 0.1) is 18.2 Å². The van der Waals surface area contributed by atoms with Gasteiger partial charge in [0.15, 0.2) is 5.96 Å². The summed E-state index contributed by atoms with van der Waals surface area (Å²) >= 11 is 0. The van der Waals surface area contributed by atoms with E-state index in [2.05, 4.69) is 29.8 Å². The van der Waals surface area contributed by atoms with Crippen LogP contribution >= 0.6 is 0 Å². The van der Waals surface area contributed by atoms with Crippen LogP contribution in [0.2, 0.25) is 0 Å². The average Bonchev–Trinajstić information content (AvgIpc) is 3.08. The molecule has 1 aliphatic rings. The van der Waals surface area contributed by atoms with Crippen LogP contribution in [0.15, 0.2) is 4.99 Å². The van der Waals surface area contributed by atoms with Gasteiger partial charge in [-0.05, 0) is 53.4 Å². The highest BCUT2D eigenvalue weighted by Gasteiger charge is 2.30. The Morgan fingerprint density at radius 3 is 2.38 bits per heavy atom. The van der Waals surface area contributed by atoms with Gasteiger partial charge >= 0.3 is 6.09 Å². The molecule has 1 amide bonds. The molecule has 1 unspecified atom stereocenters. The summed E-state index contributed by atoms with van der Waals surface area (Å²) in [5, 5.41) is 9.64. The Balaban J connectivity index is 2.70. The normalized spacial score (nSPS) is 18.5. The zero-order chi connectivity index (χ0) is 19.6. The molecule has 0 aromatic heterocycles. The maximum Gasteiger partial charge on any atom is 0.408 e. The Hall–Kier alpha value is -1.50. The third kappa shape index (κ3) is 8.25. The second kappa shape index (κ2) is 10.6. The predicted octanol–water partition coefficient (Wildman–Crippen LogP) is 2.80. The number of nitrogens with zero attached hydrogens (tertiary/aromatic N) is 1. The molecule has 1 heterocycles. The molecule has 0 aliphatic carbocycles. The van der Waals surface area contributed by atoms with E-state index in [1.165, 1.54) is 0 Å². The molecule has 152 valence electrons. The molecule has 1 atom stereocenters. The molecule has 0 bridgehead atoms. The molecule has 7 nitrogen and oxygen atoms in total. The van der Waals surface area contributed by atoms with Crippen LogP contribution in [-0.2, 0) is 9.47 Å². The van der Waals surface area contributed by atoms with Gasteiger partial charge in [0.25, 0.3) is 0 Å². The summed E-state index contributed by atoms with van der Waals surface area (Å²) in [5.41, 5.74) is -0.938. The van der Waals surface area contributed by atoms with E-state index in [0.29, 0.717) is 6.54 Å². The van der Waals surface area contributed by atoms with Crippen molar-refractivity contribution in [3.63, 3.8) is 0 Å². The van der Waals surface area contributed by atoms with Crippen LogP contribution in [0.3, 0.4) is 0 Å². The van der Waals surface area contributed by atoms with E-state index >= 15 is 0 Å². The number of guanidine groups is 1. The van der Waals surface area contributed by atoms with E-state index < -0.39 is 17.2 Å². The van der Waals surface area contributed by atoms with Gasteiger partial charge in [-0.15, -0.1) is 0 Å². The number of carbonyl (C=O) groups is 1. The van der Waals surface area contributed by atoms with Crippen LogP contribution in [0.1, 0.15) is 67.2 Å². The number of rotatable bonds is 8. The lowest BCUT2D eigenvalue weighted by atomic mass is 9.93. The average molecular weight is 371 g/mol. The second-order valence-electron chi connectivity index (χ2n) is 7.83. The van der Waals surface area contributed by atoms with E-state index in [1.807, 2.05) is 27.7 Å². The summed E-state index contributed by atoms with van der Waals surface area (Å²) in [4.78, 5) is 16.9. The van der Waals surface area contributed by atoms with Crippen molar-refractivity contribution in [1.29, 1.82) is 0 Å². The molecular weight excluding hydrogens is 332 g/mol. The van der Waals surface area contributed by atoms with Crippen LogP contribution in [-0.4, -0.2) is 55.5 Å². The largest absolute Gasteiger partial charge is 0.444 e. The van der Waals surface area contributed by atoms with Gasteiger partial charge < -0.3 is 25.4 Å². The Labute approximate surface area is 158 Å². The Morgan fingerprint density at radius 2 is 1.88 bits per heavy atom. The van der Waals surface area contributed by atoms with Crippen molar-refractivity contribution < 1.29 is 14.3 Å². The second-order valence-corrected chi connectivity index (χ2v) is 7.83. The van der Waals surface area contributed by atoms with Crippen molar-refractivity contribution >= 4 is 12.1 Å². The fraction of sp³-hybridized carbons (Fsp3) is 0.895. The fourth-order valence-corrected chi connectivity index (χ4v) is 2.80. The SMILES string of the molecule is CCNC(=NCC(CC)(CC)NC(=O)OC(C)(C)C)NCC1CCCO1. The molecule has 3 N–H and O–H groups in total. The van der Waals surface area contributed by atoms with Crippen LogP contribution in [0, 0.1) is 0 Å². The van der Waals surface area contributed by atoms with Crippen molar-refractivity contribution in [3.05, 3.63) is 0 Å². The van der Waals surface area contributed by atoms with E-state index in [-0.39, 0.29) is 6.10 Å². The summed E-state index contributed by atoms with van der Waals surface area (Å²) in [6.45, 7) is 14.6. The lowest BCUT2D eigenvalue weighted by molar-refractivity contribution is 0.0452. The molecule has 1 aliphatic heterocycles. The summed E-state index contributed by atoms with van der Waals surface area (Å²) in [5.74, 6) is 0.750. The molecule has 0 spiro atoms. The minimum Gasteiger partial charge on any atom is -0.444 e. The Kier molecular flexibility index (Phi) is 9.19. The lowest BCUT2D eigenvalue weighted by Gasteiger charge is -2.32. The summed E-state index contributed by atoms with van der Waals surface area (Å²) < 4.78 is 11.1. The maximum absolute atomic E-state index is 12.2. The van der Waals surface area contributed by atoms with Crippen molar-refractivity contribution in [1.82, 2.24) is 16.0 Å². The molecule has 0 radical (unpaired) electrons. The highest BCUT2D eigenvalue weighted by Crippen LogP contribution is 2.18. The molecule has 0 aromatic rings. The monoisotopic (exact) mass is 370 g/mol. The van der Waals surface area contributed by atoms with Crippen LogP contribution in [0.25, 0.3) is 0 Å². The first-order chi connectivity index (χ1) is 12.2. The first-order valence-corrected chi connectivity index (χ1v) is 9.88. The van der Waals surface area contributed by atoms with E-state index in [0.717, 1.165) is 51.3 Å². The van der Waals surface area contributed by atoms with Gasteiger partial charge in [0.2, 0.25) is 0 Å². The van der Waals surface area contributed by atoms with Crippen molar-refractivity contribution in [2.24, 2.45) is 4.99 Å². The zero-order valence-electron chi connectivity index (χ0n) is 17.4. The van der Waals surface area contributed by atoms with E-state index in [1.54, 1.807) is 0 Å². The van der Waals surface area contributed by atoms with Gasteiger partial charge in [-0.25, -0.2) is 4.79 Å². The topological polar surface area (TPSA) is 84.0 Å². The highest BCUT2D eigenvalue weighted by atomic mass is 16.6. The van der Waals surface area contributed by atoms with Crippen molar-refractivity contribution in [2.45, 2.75) is 84.5 Å². The van der Waals surface area contributed by atoms with Gasteiger partial charge in [-0.1, -0.05) is 13.8 Å². The first kappa shape index (κ1) is 22.5. The number of hydrogen-bond acceptors (Lipinski definition) is 4. The molecule has 26 heavy (non-hydrogen) atoms. The third-order valence-corrected chi connectivity index (χ3v) is 4.52. The standard InChI is InChI=1S/C19H38N4O3/c1-7-19(8-2,23-17(24)26-18(4,5)6)14-22-16(20-9-3)21-13-15-11-10-12-25-15/h15H,7-14H2,1-6H3,(H,23,24)(H2,20,21,22). The third-order valence-electron chi connectivity index (χ3n) is 4.52. The highest BCUT2D eigenvalue weighted by molar-refractivity contribution is 5.80. The molecule has 1 fully saturated rings. The summed E-state index contributed by atoms with van der Waals surface area (Å²) in [7, 11) is 0. The predicted molar refractivity (Wildman–Crippen MR) is 106 cm³/mol. The summed E-state index contributed by atoms with van der Waals surface area (Å²) in [6.07, 6.45) is 3.61. The number of carbonyl (C=O) groups excluding carboxylic acids is 1. The molecular formula is C19H38N4O3. The number of aliphatic imine (C=N–C) groups is 1. The van der Waals surface area contributed by atoms with Crippen molar-refractivity contribution in [2.75, 3.05) is 26.2 Å². The van der Waals surface area contributed by atoms with Gasteiger partial charge in [-0.2, -0.15) is 0 Å². The molecule has 1 rings (SSSR count). The Bertz CT molecular complexity index is 450. The fourth-order valence-electron chi connectivity index (χ4n) is 2.80. The van der Waals surface area contributed by atoms with Gasteiger partial charge in [0.1, 0.15) is 5.60 Å². The van der Waals surface area contributed by atoms with Gasteiger partial charge in [-0.3, -0.25) is 4.99 Å². The number of nitrogens with one attached hydrogen (secondary N) is 3. The summed E-state index contributed by atoms with van der Waals surface area (Å²) in [6, 6.07) is 0. The minimum absolute atomic E-state index is 0.251. The van der Waals surface area contributed by atoms with Crippen LogP contribution in [0.5, 0.6) is 0 Å². The lowest BCUT2D eigenvalue weighted by Crippen LogP contribution is -2.52. The minimum atomic E-state index is -0.516. The molecule has 0 aromatic carbocycles. The van der Waals surface area contributed by atoms with Gasteiger partial charge in [0, 0.05) is 19.7 Å². The number of amides is 1. The van der Waals surface area contributed by atoms with E-state index in [9.17, 15) is 4.79 Å². The molecule has 7 heteroatoms. The van der Waals surface area contributed by atoms with E-state index in [4.69, 9.17) is 14.5 Å². The zero-order valence-corrected chi connectivity index (χ0v) is 17.4. The number of alkyl carbamates (subject to hydrolysis) is 1. The first-order valence-electron chi connectivity index (χ1n) is 9.88. The number of hydrogen-bond donors (Lipinski definition) is 3. The smallest absolute Gasteiger partial charge is 0.408 e. The van der Waals surface area contributed by atoms with Crippen LogP contribution < -0.4 is 16.0 Å². The number of ether oxygens (including phenoxy) is 2.